The van der Waals surface area contributed by atoms with Gasteiger partial charge >= 0.3 is 0 Å². The Morgan fingerprint density at radius 2 is 1.74 bits per heavy atom. The molecule has 3 rings (SSSR count). The molecule has 2 aromatic rings. The molecule has 0 aliphatic carbocycles. The second kappa shape index (κ2) is 7.89. The van der Waals surface area contributed by atoms with Gasteiger partial charge in [-0.1, -0.05) is 35.3 Å². The maximum absolute atomic E-state index is 13.1. The molecule has 0 saturated carbocycles. The first-order valence-electron chi connectivity index (χ1n) is 8.37. The molecule has 140 valence electrons. The number of allylic oxidation sites excluding steroid dienone is 1. The Kier molecular flexibility index (Phi) is 5.75. The smallest absolute Gasteiger partial charge is 0.255 e. The van der Waals surface area contributed by atoms with Crippen molar-refractivity contribution in [1.29, 1.82) is 0 Å². The first kappa shape index (κ1) is 19.7. The highest BCUT2D eigenvalue weighted by atomic mass is 35.5. The number of anilines is 1. The van der Waals surface area contributed by atoms with Crippen LogP contribution in [0.1, 0.15) is 29.7 Å². The van der Waals surface area contributed by atoms with Crippen LogP contribution in [-0.4, -0.2) is 11.0 Å². The van der Waals surface area contributed by atoms with Gasteiger partial charge in [0, 0.05) is 21.4 Å². The van der Waals surface area contributed by atoms with Gasteiger partial charge in [0.15, 0.2) is 5.11 Å². The van der Waals surface area contributed by atoms with Crippen LogP contribution in [-0.2, 0) is 4.79 Å². The lowest BCUT2D eigenvalue weighted by molar-refractivity contribution is -0.113. The van der Waals surface area contributed by atoms with Gasteiger partial charge in [-0.15, -0.1) is 0 Å². The Morgan fingerprint density at radius 3 is 2.37 bits per heavy atom. The van der Waals surface area contributed by atoms with Crippen LogP contribution < -0.4 is 16.0 Å². The van der Waals surface area contributed by atoms with Crippen molar-refractivity contribution in [3.05, 3.63) is 74.4 Å². The van der Waals surface area contributed by atoms with Gasteiger partial charge in [-0.05, 0) is 73.9 Å². The molecule has 1 aliphatic rings. The summed E-state index contributed by atoms with van der Waals surface area (Å²) in [4.78, 5) is 13.1. The fourth-order valence-corrected chi connectivity index (χ4v) is 4.00. The van der Waals surface area contributed by atoms with E-state index in [1.807, 2.05) is 32.9 Å². The van der Waals surface area contributed by atoms with Crippen molar-refractivity contribution in [2.45, 2.75) is 26.8 Å². The van der Waals surface area contributed by atoms with Gasteiger partial charge in [-0.2, -0.15) is 0 Å². The van der Waals surface area contributed by atoms with Crippen molar-refractivity contribution in [2.75, 3.05) is 5.32 Å². The number of benzene rings is 2. The van der Waals surface area contributed by atoms with Crippen LogP contribution in [0.4, 0.5) is 5.69 Å². The molecule has 7 heteroatoms. The molecule has 27 heavy (non-hydrogen) atoms. The summed E-state index contributed by atoms with van der Waals surface area (Å²) in [6.45, 7) is 5.80. The Balaban J connectivity index is 1.99. The number of halogens is 2. The monoisotopic (exact) mass is 419 g/mol. The summed E-state index contributed by atoms with van der Waals surface area (Å²) in [5, 5.41) is 10.6. The van der Waals surface area contributed by atoms with E-state index in [1.165, 1.54) is 0 Å². The molecule has 0 spiro atoms. The van der Waals surface area contributed by atoms with Gasteiger partial charge < -0.3 is 16.0 Å². The minimum absolute atomic E-state index is 0.226. The van der Waals surface area contributed by atoms with Gasteiger partial charge in [-0.25, -0.2) is 0 Å². The number of hydrogen-bond donors (Lipinski definition) is 3. The average Bonchev–Trinajstić information content (AvgIpc) is 2.52. The average molecular weight is 420 g/mol. The highest BCUT2D eigenvalue weighted by Gasteiger charge is 2.31. The third kappa shape index (κ3) is 4.43. The topological polar surface area (TPSA) is 53.2 Å². The standard InChI is InChI=1S/C20H19Cl2N3OS/c1-10-6-11(2)8-14(7-10)24-19(26)17-12(3)23-20(27)25-18(17)15-5-4-13(21)9-16(15)22/h4-9,18H,1-3H3,(H,24,26)(H2,23,25,27). The van der Waals surface area contributed by atoms with E-state index in [9.17, 15) is 4.79 Å². The summed E-state index contributed by atoms with van der Waals surface area (Å²) >= 11 is 17.7. The number of thiocarbonyl (C=S) groups is 1. The van der Waals surface area contributed by atoms with Crippen molar-refractivity contribution in [2.24, 2.45) is 0 Å². The van der Waals surface area contributed by atoms with Crippen molar-refractivity contribution in [3.8, 4) is 0 Å². The normalized spacial score (nSPS) is 16.6. The molecular formula is C20H19Cl2N3OS. The number of amides is 1. The predicted octanol–water partition coefficient (Wildman–Crippen LogP) is 5.04. The van der Waals surface area contributed by atoms with Crippen molar-refractivity contribution >= 4 is 52.1 Å². The Hall–Kier alpha value is -2.08. The molecule has 1 atom stereocenters. The zero-order valence-corrected chi connectivity index (χ0v) is 17.4. The molecule has 0 fully saturated rings. The fraction of sp³-hybridized carbons (Fsp3) is 0.200. The van der Waals surface area contributed by atoms with Gasteiger partial charge in [0.25, 0.3) is 5.91 Å². The minimum Gasteiger partial charge on any atom is -0.351 e. The van der Waals surface area contributed by atoms with Gasteiger partial charge in [0.1, 0.15) is 0 Å². The third-order valence-electron chi connectivity index (χ3n) is 4.27. The predicted molar refractivity (Wildman–Crippen MR) is 115 cm³/mol. The molecule has 0 radical (unpaired) electrons. The van der Waals surface area contributed by atoms with E-state index in [1.54, 1.807) is 18.2 Å². The molecule has 0 aromatic heterocycles. The van der Waals surface area contributed by atoms with E-state index in [2.05, 4.69) is 22.0 Å². The Morgan fingerprint density at radius 1 is 1.07 bits per heavy atom. The number of carbonyl (C=O) groups is 1. The summed E-state index contributed by atoms with van der Waals surface area (Å²) in [5.41, 5.74) is 4.83. The maximum atomic E-state index is 13.1. The van der Waals surface area contributed by atoms with Crippen molar-refractivity contribution < 1.29 is 4.79 Å². The van der Waals surface area contributed by atoms with Crippen LogP contribution in [0, 0.1) is 13.8 Å². The maximum Gasteiger partial charge on any atom is 0.255 e. The summed E-state index contributed by atoms with van der Waals surface area (Å²) in [5.74, 6) is -0.226. The quantitative estimate of drug-likeness (QED) is 0.609. The third-order valence-corrected chi connectivity index (χ3v) is 5.05. The molecule has 3 N–H and O–H groups in total. The van der Waals surface area contributed by atoms with E-state index in [-0.39, 0.29) is 5.91 Å². The second-order valence-corrected chi connectivity index (χ2v) is 7.82. The lowest BCUT2D eigenvalue weighted by atomic mass is 9.94. The number of aryl methyl sites for hydroxylation is 2. The zero-order chi connectivity index (χ0) is 19.7. The first-order valence-corrected chi connectivity index (χ1v) is 9.54. The van der Waals surface area contributed by atoms with Crippen LogP contribution >= 0.6 is 35.4 Å². The van der Waals surface area contributed by atoms with Gasteiger partial charge in [0.2, 0.25) is 0 Å². The number of carbonyl (C=O) groups excluding carboxylic acids is 1. The molecule has 0 saturated heterocycles. The molecule has 1 amide bonds. The highest BCUT2D eigenvalue weighted by Crippen LogP contribution is 2.33. The summed E-state index contributed by atoms with van der Waals surface area (Å²) in [6.07, 6.45) is 0. The van der Waals surface area contributed by atoms with E-state index >= 15 is 0 Å². The summed E-state index contributed by atoms with van der Waals surface area (Å²) < 4.78 is 0. The number of nitrogens with one attached hydrogen (secondary N) is 3. The van der Waals surface area contributed by atoms with E-state index in [0.29, 0.717) is 26.4 Å². The number of rotatable bonds is 3. The second-order valence-electron chi connectivity index (χ2n) is 6.57. The SMILES string of the molecule is CC1=C(C(=O)Nc2cc(C)cc(C)c2)C(c2ccc(Cl)cc2Cl)NC(=S)N1. The van der Waals surface area contributed by atoms with Crippen LogP contribution in [0.25, 0.3) is 0 Å². The van der Waals surface area contributed by atoms with Crippen LogP contribution in [0.5, 0.6) is 0 Å². The van der Waals surface area contributed by atoms with Crippen LogP contribution in [0.2, 0.25) is 10.0 Å². The summed E-state index contributed by atoms with van der Waals surface area (Å²) in [7, 11) is 0. The summed E-state index contributed by atoms with van der Waals surface area (Å²) in [6, 6.07) is 10.6. The minimum atomic E-state index is -0.477. The molecule has 4 nitrogen and oxygen atoms in total. The van der Waals surface area contributed by atoms with Crippen molar-refractivity contribution in [1.82, 2.24) is 10.6 Å². The lowest BCUT2D eigenvalue weighted by Gasteiger charge is -2.31. The Bertz CT molecular complexity index is 951. The molecule has 1 aliphatic heterocycles. The van der Waals surface area contributed by atoms with Gasteiger partial charge in [-0.3, -0.25) is 4.79 Å². The first-order chi connectivity index (χ1) is 12.7. The fourth-order valence-electron chi connectivity index (χ4n) is 3.21. The highest BCUT2D eigenvalue weighted by molar-refractivity contribution is 7.80. The number of hydrogen-bond acceptors (Lipinski definition) is 2. The van der Waals surface area contributed by atoms with Crippen LogP contribution in [0.15, 0.2) is 47.7 Å². The molecule has 1 unspecified atom stereocenters. The molecule has 1 heterocycles. The largest absolute Gasteiger partial charge is 0.351 e. The van der Waals surface area contributed by atoms with E-state index in [0.717, 1.165) is 22.4 Å². The van der Waals surface area contributed by atoms with Crippen LogP contribution in [0.3, 0.4) is 0 Å². The molecule has 0 bridgehead atoms. The van der Waals surface area contributed by atoms with E-state index in [4.69, 9.17) is 35.4 Å². The lowest BCUT2D eigenvalue weighted by Crippen LogP contribution is -2.45. The Labute approximate surface area is 173 Å². The zero-order valence-electron chi connectivity index (χ0n) is 15.1. The molecular weight excluding hydrogens is 401 g/mol. The van der Waals surface area contributed by atoms with Crippen molar-refractivity contribution in [3.63, 3.8) is 0 Å². The molecule has 2 aromatic carbocycles. The van der Waals surface area contributed by atoms with E-state index < -0.39 is 6.04 Å². The van der Waals surface area contributed by atoms with Gasteiger partial charge in [0.05, 0.1) is 11.6 Å².